The van der Waals surface area contributed by atoms with Crippen molar-refractivity contribution in [1.29, 1.82) is 0 Å². The van der Waals surface area contributed by atoms with Crippen LogP contribution in [0.2, 0.25) is 0 Å². The van der Waals surface area contributed by atoms with Gasteiger partial charge in [-0.25, -0.2) is 4.79 Å². The number of nitrogens with zero attached hydrogens (tertiary/aromatic N) is 2. The third-order valence-electron chi connectivity index (χ3n) is 5.03. The Bertz CT molecular complexity index is 1320. The van der Waals surface area contributed by atoms with Crippen molar-refractivity contribution in [1.82, 2.24) is 20.0 Å². The SMILES string of the molecule is Cn1c(=O)n(CC(=O)NNC(=O)COc2ccccc2-c2ccccc2)c2ccccc21. The van der Waals surface area contributed by atoms with Gasteiger partial charge >= 0.3 is 5.69 Å². The molecule has 4 aromatic rings. The fraction of sp³-hybridized carbons (Fsp3) is 0.125. The van der Waals surface area contributed by atoms with Crippen LogP contribution >= 0.6 is 0 Å². The van der Waals surface area contributed by atoms with Crippen LogP contribution in [0.3, 0.4) is 0 Å². The van der Waals surface area contributed by atoms with Gasteiger partial charge in [0, 0.05) is 12.6 Å². The summed E-state index contributed by atoms with van der Waals surface area (Å²) in [6.45, 7) is -0.503. The number of carbonyl (C=O) groups excluding carboxylic acids is 2. The predicted octanol–water partition coefficient (Wildman–Crippen LogP) is 2.23. The minimum Gasteiger partial charge on any atom is -0.483 e. The van der Waals surface area contributed by atoms with Gasteiger partial charge in [0.25, 0.3) is 11.8 Å². The third kappa shape index (κ3) is 4.39. The van der Waals surface area contributed by atoms with Gasteiger partial charge in [0.2, 0.25) is 0 Å². The second-order valence-electron chi connectivity index (χ2n) is 7.16. The lowest BCUT2D eigenvalue weighted by Crippen LogP contribution is -2.45. The first-order valence-electron chi connectivity index (χ1n) is 10.0. The summed E-state index contributed by atoms with van der Waals surface area (Å²) in [5, 5.41) is 0. The van der Waals surface area contributed by atoms with Crippen LogP contribution < -0.4 is 21.3 Å². The molecule has 0 aliphatic heterocycles. The summed E-state index contributed by atoms with van der Waals surface area (Å²) in [4.78, 5) is 36.9. The van der Waals surface area contributed by atoms with Crippen molar-refractivity contribution in [3.8, 4) is 16.9 Å². The lowest BCUT2D eigenvalue weighted by molar-refractivity contribution is -0.130. The molecule has 4 rings (SSSR count). The number of imidazole rings is 1. The molecule has 1 aromatic heterocycles. The first-order chi connectivity index (χ1) is 15.5. The van der Waals surface area contributed by atoms with Gasteiger partial charge in [0.05, 0.1) is 11.0 Å². The maximum atomic E-state index is 12.4. The van der Waals surface area contributed by atoms with Crippen molar-refractivity contribution in [3.63, 3.8) is 0 Å². The number of aryl methyl sites for hydroxylation is 1. The maximum Gasteiger partial charge on any atom is 0.329 e. The molecule has 1 heterocycles. The van der Waals surface area contributed by atoms with Gasteiger partial charge in [-0.05, 0) is 23.8 Å². The van der Waals surface area contributed by atoms with Gasteiger partial charge in [-0.15, -0.1) is 0 Å². The Balaban J connectivity index is 1.34. The predicted molar refractivity (Wildman–Crippen MR) is 121 cm³/mol. The Morgan fingerprint density at radius 3 is 2.22 bits per heavy atom. The van der Waals surface area contributed by atoms with Crippen LogP contribution in [0.15, 0.2) is 83.7 Å². The summed E-state index contributed by atoms with van der Waals surface area (Å²) in [6.07, 6.45) is 0. The molecule has 2 N–H and O–H groups in total. The fourth-order valence-electron chi connectivity index (χ4n) is 3.47. The van der Waals surface area contributed by atoms with E-state index < -0.39 is 11.8 Å². The van der Waals surface area contributed by atoms with E-state index in [1.54, 1.807) is 31.3 Å². The molecule has 3 aromatic carbocycles. The van der Waals surface area contributed by atoms with E-state index in [0.29, 0.717) is 11.3 Å². The number of benzene rings is 3. The third-order valence-corrected chi connectivity index (χ3v) is 5.03. The molecule has 0 unspecified atom stereocenters. The van der Waals surface area contributed by atoms with E-state index in [0.717, 1.165) is 16.6 Å². The van der Waals surface area contributed by atoms with Crippen LogP contribution in [0, 0.1) is 0 Å². The Hall–Kier alpha value is -4.33. The Kier molecular flexibility index (Phi) is 6.03. The van der Waals surface area contributed by atoms with Gasteiger partial charge in [0.15, 0.2) is 6.61 Å². The maximum absolute atomic E-state index is 12.4. The van der Waals surface area contributed by atoms with E-state index >= 15 is 0 Å². The normalized spacial score (nSPS) is 10.7. The molecule has 8 nitrogen and oxygen atoms in total. The zero-order valence-electron chi connectivity index (χ0n) is 17.4. The van der Waals surface area contributed by atoms with Crippen molar-refractivity contribution in [2.24, 2.45) is 7.05 Å². The first kappa shape index (κ1) is 20.9. The number of rotatable bonds is 6. The second-order valence-corrected chi connectivity index (χ2v) is 7.16. The lowest BCUT2D eigenvalue weighted by Gasteiger charge is -2.12. The molecular weight excluding hydrogens is 408 g/mol. The summed E-state index contributed by atoms with van der Waals surface area (Å²) >= 11 is 0. The highest BCUT2D eigenvalue weighted by molar-refractivity contribution is 5.84. The summed E-state index contributed by atoms with van der Waals surface area (Å²) < 4.78 is 8.48. The first-order valence-corrected chi connectivity index (χ1v) is 10.0. The van der Waals surface area contributed by atoms with E-state index in [1.165, 1.54) is 9.13 Å². The molecular formula is C24H22N4O4. The van der Waals surface area contributed by atoms with Gasteiger partial charge in [-0.1, -0.05) is 60.7 Å². The van der Waals surface area contributed by atoms with Crippen molar-refractivity contribution in [3.05, 3.63) is 89.3 Å². The summed E-state index contributed by atoms with van der Waals surface area (Å²) in [5.41, 5.74) is 7.53. The Labute approximate surface area is 184 Å². The van der Waals surface area contributed by atoms with Crippen molar-refractivity contribution in [2.45, 2.75) is 6.54 Å². The zero-order chi connectivity index (χ0) is 22.5. The lowest BCUT2D eigenvalue weighted by atomic mass is 10.1. The molecule has 0 fully saturated rings. The number of ether oxygens (including phenoxy) is 1. The number of hydrazine groups is 1. The minimum atomic E-state index is -0.526. The molecule has 0 radical (unpaired) electrons. The Morgan fingerprint density at radius 1 is 0.812 bits per heavy atom. The molecule has 0 aliphatic rings. The van der Waals surface area contributed by atoms with E-state index in [1.807, 2.05) is 54.6 Å². The average molecular weight is 430 g/mol. The summed E-state index contributed by atoms with van der Waals surface area (Å²) in [6, 6.07) is 24.3. The smallest absolute Gasteiger partial charge is 0.329 e. The number of carbonyl (C=O) groups is 2. The highest BCUT2D eigenvalue weighted by Gasteiger charge is 2.14. The minimum absolute atomic E-state index is 0.224. The molecule has 2 amide bonds. The highest BCUT2D eigenvalue weighted by Crippen LogP contribution is 2.29. The molecule has 32 heavy (non-hydrogen) atoms. The monoisotopic (exact) mass is 430 g/mol. The molecule has 0 bridgehead atoms. The van der Waals surface area contributed by atoms with E-state index in [9.17, 15) is 14.4 Å². The second kappa shape index (κ2) is 9.22. The molecule has 0 saturated heterocycles. The fourth-order valence-corrected chi connectivity index (χ4v) is 3.47. The Morgan fingerprint density at radius 2 is 1.44 bits per heavy atom. The van der Waals surface area contributed by atoms with Crippen molar-refractivity contribution < 1.29 is 14.3 Å². The number of nitrogens with one attached hydrogen (secondary N) is 2. The number of amides is 2. The molecule has 0 saturated carbocycles. The van der Waals surface area contributed by atoms with Crippen LogP contribution in [0.5, 0.6) is 5.75 Å². The van der Waals surface area contributed by atoms with Crippen molar-refractivity contribution >= 4 is 22.8 Å². The van der Waals surface area contributed by atoms with Gasteiger partial charge in [-0.2, -0.15) is 0 Å². The van der Waals surface area contributed by atoms with Crippen LogP contribution in [0.25, 0.3) is 22.2 Å². The van der Waals surface area contributed by atoms with E-state index in [2.05, 4.69) is 10.9 Å². The molecule has 0 atom stereocenters. The number of para-hydroxylation sites is 3. The average Bonchev–Trinajstić information content (AvgIpc) is 3.07. The van der Waals surface area contributed by atoms with Crippen molar-refractivity contribution in [2.75, 3.05) is 6.61 Å². The molecule has 0 aliphatic carbocycles. The van der Waals surface area contributed by atoms with Crippen LogP contribution in [-0.2, 0) is 23.2 Å². The standard InChI is InChI=1S/C24H22N4O4/c1-27-19-12-6-7-13-20(19)28(24(27)31)15-22(29)25-26-23(30)16-32-21-14-8-5-11-18(21)17-9-3-2-4-10-17/h2-14H,15-16H2,1H3,(H,25,29)(H,26,30). The van der Waals surface area contributed by atoms with Gasteiger partial charge in [-0.3, -0.25) is 29.6 Å². The highest BCUT2D eigenvalue weighted by atomic mass is 16.5. The molecule has 0 spiro atoms. The zero-order valence-corrected chi connectivity index (χ0v) is 17.4. The summed E-state index contributed by atoms with van der Waals surface area (Å²) in [7, 11) is 1.64. The number of fused-ring (bicyclic) bond motifs is 1. The van der Waals surface area contributed by atoms with Gasteiger partial charge in [0.1, 0.15) is 12.3 Å². The van der Waals surface area contributed by atoms with E-state index in [4.69, 9.17) is 4.74 Å². The molecule has 8 heteroatoms. The number of aromatic nitrogens is 2. The summed E-state index contributed by atoms with van der Waals surface area (Å²) in [5.74, 6) is -0.490. The molecule has 162 valence electrons. The van der Waals surface area contributed by atoms with Crippen LogP contribution in [-0.4, -0.2) is 27.6 Å². The largest absolute Gasteiger partial charge is 0.483 e. The number of hydrogen-bond donors (Lipinski definition) is 2. The topological polar surface area (TPSA) is 94.4 Å². The van der Waals surface area contributed by atoms with Crippen LogP contribution in [0.4, 0.5) is 0 Å². The van der Waals surface area contributed by atoms with E-state index in [-0.39, 0.29) is 18.8 Å². The quantitative estimate of drug-likeness (QED) is 0.459. The van der Waals surface area contributed by atoms with Gasteiger partial charge < -0.3 is 4.74 Å². The van der Waals surface area contributed by atoms with Crippen LogP contribution in [0.1, 0.15) is 0 Å². The number of hydrogen-bond acceptors (Lipinski definition) is 4.